The Labute approximate surface area is 111 Å². The largest absolute Gasteiger partial charge is 0.397 e. The second-order valence-corrected chi connectivity index (χ2v) is 4.12. The average molecular weight is 251 g/mol. The number of nitrogens with two attached hydrogens (primary N) is 1. The van der Waals surface area contributed by atoms with E-state index < -0.39 is 0 Å². The second kappa shape index (κ2) is 5.69. The van der Waals surface area contributed by atoms with Crippen LogP contribution in [0.15, 0.2) is 48.5 Å². The van der Waals surface area contributed by atoms with Crippen molar-refractivity contribution in [2.24, 2.45) is 0 Å². The number of benzene rings is 2. The summed E-state index contributed by atoms with van der Waals surface area (Å²) in [4.78, 5) is 11.9. The van der Waals surface area contributed by atoms with Crippen LogP contribution in [0.2, 0.25) is 0 Å². The lowest BCUT2D eigenvalue weighted by molar-refractivity contribution is -0.115. The minimum atomic E-state index is -0.136. The quantitative estimate of drug-likeness (QED) is 0.821. The van der Waals surface area contributed by atoms with Crippen molar-refractivity contribution in [1.29, 1.82) is 5.26 Å². The van der Waals surface area contributed by atoms with E-state index in [-0.39, 0.29) is 5.91 Å². The molecule has 0 aliphatic carbocycles. The molecule has 0 fully saturated rings. The number of hydrogen-bond acceptors (Lipinski definition) is 3. The van der Waals surface area contributed by atoms with Crippen molar-refractivity contribution in [3.8, 4) is 6.07 Å². The Morgan fingerprint density at radius 3 is 2.58 bits per heavy atom. The lowest BCUT2D eigenvalue weighted by Crippen LogP contribution is -2.15. The molecule has 0 saturated carbocycles. The van der Waals surface area contributed by atoms with Gasteiger partial charge in [-0.05, 0) is 23.8 Å². The van der Waals surface area contributed by atoms with Gasteiger partial charge in [0.1, 0.15) is 0 Å². The third-order valence-corrected chi connectivity index (χ3v) is 2.66. The molecule has 4 nitrogen and oxygen atoms in total. The summed E-state index contributed by atoms with van der Waals surface area (Å²) >= 11 is 0. The molecule has 0 radical (unpaired) electrons. The first-order valence-electron chi connectivity index (χ1n) is 5.82. The molecule has 0 saturated heterocycles. The molecule has 0 aliphatic heterocycles. The standard InChI is InChI=1S/C15H13N3O/c16-10-12-6-7-14(13(17)8-12)18-15(19)9-11-4-2-1-3-5-11/h1-8H,9,17H2,(H,18,19). The molecular weight excluding hydrogens is 238 g/mol. The Morgan fingerprint density at radius 1 is 1.21 bits per heavy atom. The number of amides is 1. The SMILES string of the molecule is N#Cc1ccc(NC(=O)Cc2ccccc2)c(N)c1. The maximum Gasteiger partial charge on any atom is 0.228 e. The molecule has 2 rings (SSSR count). The number of carbonyl (C=O) groups is 1. The summed E-state index contributed by atoms with van der Waals surface area (Å²) in [5.74, 6) is -0.136. The maximum absolute atomic E-state index is 11.9. The number of nitrogen functional groups attached to an aromatic ring is 1. The van der Waals surface area contributed by atoms with Crippen LogP contribution < -0.4 is 11.1 Å². The van der Waals surface area contributed by atoms with E-state index in [1.54, 1.807) is 12.1 Å². The fourth-order valence-electron chi connectivity index (χ4n) is 1.72. The Balaban J connectivity index is 2.05. The summed E-state index contributed by atoms with van der Waals surface area (Å²) in [5, 5.41) is 11.5. The summed E-state index contributed by atoms with van der Waals surface area (Å²) in [6.45, 7) is 0. The molecule has 0 atom stereocenters. The molecule has 19 heavy (non-hydrogen) atoms. The molecule has 4 heteroatoms. The number of hydrogen-bond donors (Lipinski definition) is 2. The lowest BCUT2D eigenvalue weighted by Gasteiger charge is -2.08. The van der Waals surface area contributed by atoms with Crippen LogP contribution in [-0.2, 0) is 11.2 Å². The van der Waals surface area contributed by atoms with Crippen LogP contribution >= 0.6 is 0 Å². The van der Waals surface area contributed by atoms with Crippen LogP contribution in [0, 0.1) is 11.3 Å². The maximum atomic E-state index is 11.9. The fraction of sp³-hybridized carbons (Fsp3) is 0.0667. The van der Waals surface area contributed by atoms with Crippen LogP contribution in [0.4, 0.5) is 11.4 Å². The molecule has 0 aromatic heterocycles. The molecule has 94 valence electrons. The number of nitrogens with zero attached hydrogens (tertiary/aromatic N) is 1. The van der Waals surface area contributed by atoms with E-state index in [0.717, 1.165) is 5.56 Å². The van der Waals surface area contributed by atoms with Crippen LogP contribution in [0.25, 0.3) is 0 Å². The van der Waals surface area contributed by atoms with Gasteiger partial charge in [-0.3, -0.25) is 4.79 Å². The van der Waals surface area contributed by atoms with Gasteiger partial charge in [-0.1, -0.05) is 30.3 Å². The van der Waals surface area contributed by atoms with E-state index in [9.17, 15) is 4.79 Å². The zero-order valence-electron chi connectivity index (χ0n) is 10.3. The number of anilines is 2. The van der Waals surface area contributed by atoms with Gasteiger partial charge in [0, 0.05) is 0 Å². The Bertz CT molecular complexity index is 630. The van der Waals surface area contributed by atoms with Gasteiger partial charge >= 0.3 is 0 Å². The molecule has 0 unspecified atom stereocenters. The van der Waals surface area contributed by atoms with Crippen molar-refractivity contribution in [3.05, 3.63) is 59.7 Å². The molecule has 0 heterocycles. The van der Waals surface area contributed by atoms with Crippen molar-refractivity contribution >= 4 is 17.3 Å². The first-order chi connectivity index (χ1) is 9.19. The van der Waals surface area contributed by atoms with Gasteiger partial charge in [0.25, 0.3) is 0 Å². The van der Waals surface area contributed by atoms with Crippen LogP contribution in [0.5, 0.6) is 0 Å². The highest BCUT2D eigenvalue weighted by Gasteiger charge is 2.06. The smallest absolute Gasteiger partial charge is 0.228 e. The van der Waals surface area contributed by atoms with Gasteiger partial charge in [0.2, 0.25) is 5.91 Å². The van der Waals surface area contributed by atoms with Crippen molar-refractivity contribution in [1.82, 2.24) is 0 Å². The number of rotatable bonds is 3. The molecule has 3 N–H and O–H groups in total. The van der Waals surface area contributed by atoms with E-state index in [2.05, 4.69) is 5.32 Å². The van der Waals surface area contributed by atoms with E-state index in [0.29, 0.717) is 23.4 Å². The van der Waals surface area contributed by atoms with Gasteiger partial charge in [-0.25, -0.2) is 0 Å². The first-order valence-corrected chi connectivity index (χ1v) is 5.82. The minimum Gasteiger partial charge on any atom is -0.397 e. The predicted octanol–water partition coefficient (Wildman–Crippen LogP) is 2.32. The van der Waals surface area contributed by atoms with Gasteiger partial charge < -0.3 is 11.1 Å². The molecule has 2 aromatic carbocycles. The van der Waals surface area contributed by atoms with Gasteiger partial charge in [0.05, 0.1) is 29.4 Å². The van der Waals surface area contributed by atoms with Crippen LogP contribution in [0.3, 0.4) is 0 Å². The zero-order chi connectivity index (χ0) is 13.7. The van der Waals surface area contributed by atoms with Crippen LogP contribution in [0.1, 0.15) is 11.1 Å². The Morgan fingerprint density at radius 2 is 1.95 bits per heavy atom. The summed E-state index contributed by atoms with van der Waals surface area (Å²) in [6.07, 6.45) is 0.292. The highest BCUT2D eigenvalue weighted by atomic mass is 16.1. The average Bonchev–Trinajstić information content (AvgIpc) is 2.42. The number of nitriles is 1. The third-order valence-electron chi connectivity index (χ3n) is 2.66. The number of carbonyl (C=O) groups excluding carboxylic acids is 1. The zero-order valence-corrected chi connectivity index (χ0v) is 10.3. The second-order valence-electron chi connectivity index (χ2n) is 4.12. The van der Waals surface area contributed by atoms with E-state index >= 15 is 0 Å². The van der Waals surface area contributed by atoms with E-state index in [1.807, 2.05) is 36.4 Å². The molecule has 0 aliphatic rings. The van der Waals surface area contributed by atoms with Crippen molar-refractivity contribution in [2.75, 3.05) is 11.1 Å². The topological polar surface area (TPSA) is 78.9 Å². The third kappa shape index (κ3) is 3.33. The Hall–Kier alpha value is -2.80. The molecule has 0 spiro atoms. The minimum absolute atomic E-state index is 0.136. The van der Waals surface area contributed by atoms with E-state index in [1.165, 1.54) is 6.07 Å². The van der Waals surface area contributed by atoms with E-state index in [4.69, 9.17) is 11.0 Å². The molecular formula is C15H13N3O. The highest BCUT2D eigenvalue weighted by Crippen LogP contribution is 2.19. The summed E-state index contributed by atoms with van der Waals surface area (Å²) in [7, 11) is 0. The van der Waals surface area contributed by atoms with Gasteiger partial charge in [0.15, 0.2) is 0 Å². The first kappa shape index (κ1) is 12.7. The monoisotopic (exact) mass is 251 g/mol. The van der Waals surface area contributed by atoms with Crippen molar-refractivity contribution in [3.63, 3.8) is 0 Å². The Kier molecular flexibility index (Phi) is 3.79. The molecule has 2 aromatic rings. The molecule has 0 bridgehead atoms. The summed E-state index contributed by atoms with van der Waals surface area (Å²) < 4.78 is 0. The predicted molar refractivity (Wildman–Crippen MR) is 74.3 cm³/mol. The molecule has 1 amide bonds. The lowest BCUT2D eigenvalue weighted by atomic mass is 10.1. The summed E-state index contributed by atoms with van der Waals surface area (Å²) in [6, 6.07) is 16.2. The summed E-state index contributed by atoms with van der Waals surface area (Å²) in [5.41, 5.74) is 8.10. The van der Waals surface area contributed by atoms with Crippen LogP contribution in [-0.4, -0.2) is 5.91 Å². The van der Waals surface area contributed by atoms with Gasteiger partial charge in [-0.2, -0.15) is 5.26 Å². The van der Waals surface area contributed by atoms with Gasteiger partial charge in [-0.15, -0.1) is 0 Å². The van der Waals surface area contributed by atoms with Crippen molar-refractivity contribution in [2.45, 2.75) is 6.42 Å². The fourth-order valence-corrected chi connectivity index (χ4v) is 1.72. The normalized spacial score (nSPS) is 9.63. The highest BCUT2D eigenvalue weighted by molar-refractivity contribution is 5.95. The number of nitrogens with one attached hydrogen (secondary N) is 1. The van der Waals surface area contributed by atoms with Crippen molar-refractivity contribution < 1.29 is 4.79 Å².